The highest BCUT2D eigenvalue weighted by Crippen LogP contribution is 2.16. The van der Waals surface area contributed by atoms with Crippen LogP contribution in [0.4, 0.5) is 0 Å². The summed E-state index contributed by atoms with van der Waals surface area (Å²) in [6, 6.07) is 2.09. The van der Waals surface area contributed by atoms with E-state index in [1.807, 2.05) is 17.7 Å². The first kappa shape index (κ1) is 10.4. The first-order valence-electron chi connectivity index (χ1n) is 5.01. The highest BCUT2D eigenvalue weighted by Gasteiger charge is 2.11. The van der Waals surface area contributed by atoms with Crippen LogP contribution in [-0.2, 0) is 6.54 Å². The normalized spacial score (nSPS) is 12.9. The second-order valence-electron chi connectivity index (χ2n) is 3.47. The lowest BCUT2D eigenvalue weighted by Crippen LogP contribution is -2.08. The van der Waals surface area contributed by atoms with Gasteiger partial charge >= 0.3 is 0 Å². The highest BCUT2D eigenvalue weighted by atomic mass is 32.1. The molecule has 0 bridgehead atoms. The quantitative estimate of drug-likeness (QED) is 0.862. The van der Waals surface area contributed by atoms with Crippen LogP contribution in [0.5, 0.6) is 0 Å². The summed E-state index contributed by atoms with van der Waals surface area (Å²) in [6.07, 6.45) is 3.88. The maximum atomic E-state index is 9.75. The average molecular weight is 222 g/mol. The first-order valence-corrected chi connectivity index (χ1v) is 5.95. The number of rotatable bonds is 4. The van der Waals surface area contributed by atoms with Gasteiger partial charge in [-0.2, -0.15) is 11.3 Å². The Bertz CT molecular complexity index is 408. The molecule has 2 aromatic heterocycles. The highest BCUT2D eigenvalue weighted by molar-refractivity contribution is 7.07. The molecule has 0 aromatic carbocycles. The minimum Gasteiger partial charge on any atom is -0.385 e. The molecule has 80 valence electrons. The van der Waals surface area contributed by atoms with E-state index in [0.29, 0.717) is 6.42 Å². The van der Waals surface area contributed by atoms with Crippen molar-refractivity contribution in [2.45, 2.75) is 26.0 Å². The fourth-order valence-corrected chi connectivity index (χ4v) is 2.17. The molecule has 2 aromatic rings. The maximum Gasteiger partial charge on any atom is 0.137 e. The Morgan fingerprint density at radius 2 is 2.47 bits per heavy atom. The molecule has 0 saturated carbocycles. The minimum absolute atomic E-state index is 0.460. The zero-order valence-electron chi connectivity index (χ0n) is 8.63. The van der Waals surface area contributed by atoms with Gasteiger partial charge in [-0.25, -0.2) is 4.98 Å². The summed E-state index contributed by atoms with van der Waals surface area (Å²) in [4.78, 5) is 4.18. The van der Waals surface area contributed by atoms with E-state index in [4.69, 9.17) is 0 Å². The molecule has 15 heavy (non-hydrogen) atoms. The van der Waals surface area contributed by atoms with Crippen LogP contribution in [0.3, 0.4) is 0 Å². The number of thiophene rings is 1. The van der Waals surface area contributed by atoms with Gasteiger partial charge in [0.15, 0.2) is 0 Å². The molecule has 1 N–H and O–H groups in total. The fraction of sp³-hybridized carbons (Fsp3) is 0.364. The van der Waals surface area contributed by atoms with Gasteiger partial charge in [0.25, 0.3) is 0 Å². The van der Waals surface area contributed by atoms with Gasteiger partial charge in [-0.1, -0.05) is 6.92 Å². The Hall–Kier alpha value is -1.13. The zero-order chi connectivity index (χ0) is 10.7. The van der Waals surface area contributed by atoms with E-state index in [9.17, 15) is 5.11 Å². The van der Waals surface area contributed by atoms with E-state index in [0.717, 1.165) is 12.4 Å². The van der Waals surface area contributed by atoms with Crippen molar-refractivity contribution in [3.05, 3.63) is 40.6 Å². The monoisotopic (exact) mass is 222 g/mol. The standard InChI is InChI=1S/C11H14N2OS/c1-2-10(14)11-12-4-5-13(11)7-9-3-6-15-8-9/h3-6,8,10,14H,2,7H2,1H3. The van der Waals surface area contributed by atoms with Crippen LogP contribution in [0, 0.1) is 0 Å². The lowest BCUT2D eigenvalue weighted by Gasteiger charge is -2.10. The van der Waals surface area contributed by atoms with Crippen molar-refractivity contribution in [2.24, 2.45) is 0 Å². The number of aliphatic hydroxyl groups excluding tert-OH is 1. The van der Waals surface area contributed by atoms with Crippen molar-refractivity contribution in [1.29, 1.82) is 0 Å². The first-order chi connectivity index (χ1) is 7.31. The van der Waals surface area contributed by atoms with Gasteiger partial charge in [-0.05, 0) is 28.8 Å². The topological polar surface area (TPSA) is 38.1 Å². The SMILES string of the molecule is CCC(O)c1nccn1Cc1ccsc1. The summed E-state index contributed by atoms with van der Waals surface area (Å²) in [7, 11) is 0. The van der Waals surface area contributed by atoms with E-state index in [1.54, 1.807) is 17.5 Å². The fourth-order valence-electron chi connectivity index (χ4n) is 1.51. The maximum absolute atomic E-state index is 9.75. The van der Waals surface area contributed by atoms with Crippen LogP contribution in [0.15, 0.2) is 29.2 Å². The second kappa shape index (κ2) is 4.59. The van der Waals surface area contributed by atoms with E-state index in [1.165, 1.54) is 5.56 Å². The number of imidazole rings is 1. The third kappa shape index (κ3) is 2.27. The summed E-state index contributed by atoms with van der Waals surface area (Å²) in [5, 5.41) is 13.9. The molecule has 0 amide bonds. The molecule has 0 spiro atoms. The average Bonchev–Trinajstić information content (AvgIpc) is 2.88. The zero-order valence-corrected chi connectivity index (χ0v) is 9.44. The summed E-state index contributed by atoms with van der Waals surface area (Å²) in [5.74, 6) is 0.753. The molecule has 0 saturated heterocycles. The van der Waals surface area contributed by atoms with Crippen LogP contribution in [-0.4, -0.2) is 14.7 Å². The molecule has 1 atom stereocenters. The molecule has 0 aliphatic carbocycles. The van der Waals surface area contributed by atoms with Gasteiger partial charge in [-0.15, -0.1) is 0 Å². The lowest BCUT2D eigenvalue weighted by atomic mass is 10.2. The molecule has 0 aliphatic rings. The Morgan fingerprint density at radius 3 is 3.13 bits per heavy atom. The lowest BCUT2D eigenvalue weighted by molar-refractivity contribution is 0.159. The van der Waals surface area contributed by atoms with Crippen LogP contribution < -0.4 is 0 Å². The van der Waals surface area contributed by atoms with E-state index in [2.05, 4.69) is 21.8 Å². The van der Waals surface area contributed by atoms with E-state index >= 15 is 0 Å². The van der Waals surface area contributed by atoms with Gasteiger partial charge in [0, 0.05) is 18.9 Å². The summed E-state index contributed by atoms with van der Waals surface area (Å²) >= 11 is 1.69. The Morgan fingerprint density at radius 1 is 1.60 bits per heavy atom. The van der Waals surface area contributed by atoms with Gasteiger partial charge in [0.2, 0.25) is 0 Å². The summed E-state index contributed by atoms with van der Waals surface area (Å²) in [6.45, 7) is 2.74. The van der Waals surface area contributed by atoms with Crippen LogP contribution in [0.2, 0.25) is 0 Å². The molecular formula is C11H14N2OS. The number of nitrogens with zero attached hydrogens (tertiary/aromatic N) is 2. The van der Waals surface area contributed by atoms with E-state index in [-0.39, 0.29) is 0 Å². The largest absolute Gasteiger partial charge is 0.385 e. The van der Waals surface area contributed by atoms with Gasteiger partial charge in [-0.3, -0.25) is 0 Å². The number of hydrogen-bond acceptors (Lipinski definition) is 3. The third-order valence-corrected chi connectivity index (χ3v) is 3.10. The Kier molecular flexibility index (Phi) is 3.18. The summed E-state index contributed by atoms with van der Waals surface area (Å²) < 4.78 is 2.00. The molecule has 1 unspecified atom stereocenters. The second-order valence-corrected chi connectivity index (χ2v) is 4.25. The summed E-state index contributed by atoms with van der Waals surface area (Å²) in [5.41, 5.74) is 1.25. The van der Waals surface area contributed by atoms with Crippen molar-refractivity contribution in [3.8, 4) is 0 Å². The third-order valence-electron chi connectivity index (χ3n) is 2.37. The smallest absolute Gasteiger partial charge is 0.137 e. The molecule has 2 heterocycles. The molecule has 0 fully saturated rings. The van der Waals surface area contributed by atoms with Crippen molar-refractivity contribution >= 4 is 11.3 Å². The van der Waals surface area contributed by atoms with Crippen LogP contribution >= 0.6 is 11.3 Å². The van der Waals surface area contributed by atoms with Gasteiger partial charge in [0.05, 0.1) is 0 Å². The number of aliphatic hydroxyl groups is 1. The van der Waals surface area contributed by atoms with Crippen molar-refractivity contribution in [3.63, 3.8) is 0 Å². The van der Waals surface area contributed by atoms with Crippen molar-refractivity contribution < 1.29 is 5.11 Å². The number of aromatic nitrogens is 2. The van der Waals surface area contributed by atoms with E-state index < -0.39 is 6.10 Å². The van der Waals surface area contributed by atoms with Gasteiger partial charge < -0.3 is 9.67 Å². The Labute approximate surface area is 93.0 Å². The van der Waals surface area contributed by atoms with Crippen molar-refractivity contribution in [1.82, 2.24) is 9.55 Å². The molecule has 4 heteroatoms. The van der Waals surface area contributed by atoms with Gasteiger partial charge in [0.1, 0.15) is 11.9 Å². The minimum atomic E-state index is -0.460. The molecule has 2 rings (SSSR count). The van der Waals surface area contributed by atoms with Crippen LogP contribution in [0.1, 0.15) is 30.8 Å². The predicted molar refractivity (Wildman–Crippen MR) is 60.9 cm³/mol. The molecule has 3 nitrogen and oxygen atoms in total. The van der Waals surface area contributed by atoms with Crippen molar-refractivity contribution in [2.75, 3.05) is 0 Å². The Balaban J connectivity index is 2.18. The predicted octanol–water partition coefficient (Wildman–Crippen LogP) is 2.44. The molecule has 0 aliphatic heterocycles. The van der Waals surface area contributed by atoms with Crippen LogP contribution in [0.25, 0.3) is 0 Å². The number of hydrogen-bond donors (Lipinski definition) is 1. The molecular weight excluding hydrogens is 208 g/mol. The molecule has 0 radical (unpaired) electrons.